The number of amides is 1. The van der Waals surface area contributed by atoms with Crippen molar-refractivity contribution >= 4 is 11.9 Å². The highest BCUT2D eigenvalue weighted by atomic mass is 16.4. The summed E-state index contributed by atoms with van der Waals surface area (Å²) in [4.78, 5) is 23.7. The molecule has 0 spiro atoms. The molecule has 1 rings (SSSR count). The predicted octanol–water partition coefficient (Wildman–Crippen LogP) is -0.754. The van der Waals surface area contributed by atoms with Crippen LogP contribution in [-0.4, -0.2) is 54.1 Å². The van der Waals surface area contributed by atoms with Gasteiger partial charge in [-0.05, 0) is 19.4 Å². The first-order valence-electron chi connectivity index (χ1n) is 5.99. The Labute approximate surface area is 101 Å². The monoisotopic (exact) mass is 243 g/mol. The summed E-state index contributed by atoms with van der Waals surface area (Å²) in [6.07, 6.45) is 1.62. The van der Waals surface area contributed by atoms with Gasteiger partial charge in [0.05, 0.1) is 12.5 Å². The molecule has 4 N–H and O–H groups in total. The van der Waals surface area contributed by atoms with Crippen LogP contribution in [0, 0.1) is 5.92 Å². The van der Waals surface area contributed by atoms with Crippen molar-refractivity contribution in [2.24, 2.45) is 11.7 Å². The van der Waals surface area contributed by atoms with Gasteiger partial charge in [-0.1, -0.05) is 6.92 Å². The van der Waals surface area contributed by atoms with Crippen LogP contribution in [0.4, 0.5) is 0 Å². The first-order valence-corrected chi connectivity index (χ1v) is 5.99. The predicted molar refractivity (Wildman–Crippen MR) is 63.5 cm³/mol. The Kier molecular flexibility index (Phi) is 5.37. The molecular formula is C11H21N3O3. The average Bonchev–Trinajstić information content (AvgIpc) is 2.25. The molecule has 1 heterocycles. The third kappa shape index (κ3) is 4.70. The molecule has 0 aliphatic carbocycles. The molecule has 1 aliphatic heterocycles. The number of carboxylic acid groups (broad SMARTS) is 1. The second-order valence-electron chi connectivity index (χ2n) is 4.58. The van der Waals surface area contributed by atoms with Gasteiger partial charge in [0.1, 0.15) is 0 Å². The van der Waals surface area contributed by atoms with E-state index in [1.54, 1.807) is 0 Å². The van der Waals surface area contributed by atoms with Gasteiger partial charge in [0.25, 0.3) is 0 Å². The van der Waals surface area contributed by atoms with Crippen molar-refractivity contribution in [2.75, 3.05) is 26.2 Å². The number of carbonyl (C=O) groups excluding carboxylic acids is 1. The molecule has 0 aromatic rings. The van der Waals surface area contributed by atoms with E-state index in [1.165, 1.54) is 0 Å². The largest absolute Gasteiger partial charge is 0.481 e. The van der Waals surface area contributed by atoms with E-state index in [4.69, 9.17) is 10.8 Å². The van der Waals surface area contributed by atoms with Gasteiger partial charge in [-0.25, -0.2) is 0 Å². The molecule has 0 radical (unpaired) electrons. The van der Waals surface area contributed by atoms with E-state index >= 15 is 0 Å². The zero-order chi connectivity index (χ0) is 12.8. The van der Waals surface area contributed by atoms with E-state index in [0.717, 1.165) is 13.0 Å². The summed E-state index contributed by atoms with van der Waals surface area (Å²) in [6.45, 7) is 4.15. The van der Waals surface area contributed by atoms with Gasteiger partial charge in [-0.2, -0.15) is 0 Å². The number of likely N-dealkylation sites (tertiary alicyclic amines) is 1. The molecule has 2 atom stereocenters. The number of hydrogen-bond donors (Lipinski definition) is 3. The Bertz CT molecular complexity index is 283. The van der Waals surface area contributed by atoms with Gasteiger partial charge in [0.2, 0.25) is 5.91 Å². The summed E-state index contributed by atoms with van der Waals surface area (Å²) in [5, 5.41) is 12.4. The summed E-state index contributed by atoms with van der Waals surface area (Å²) in [6, 6.07) is 0.129. The second-order valence-corrected chi connectivity index (χ2v) is 4.58. The molecule has 1 fully saturated rings. The maximum absolute atomic E-state index is 11.0. The van der Waals surface area contributed by atoms with Gasteiger partial charge in [-0.3, -0.25) is 14.5 Å². The van der Waals surface area contributed by atoms with Crippen molar-refractivity contribution < 1.29 is 14.7 Å². The number of nitrogens with one attached hydrogen (secondary N) is 1. The molecule has 0 aromatic carbocycles. The maximum atomic E-state index is 11.0. The van der Waals surface area contributed by atoms with Crippen LogP contribution >= 0.6 is 0 Å². The van der Waals surface area contributed by atoms with Gasteiger partial charge < -0.3 is 16.2 Å². The van der Waals surface area contributed by atoms with Crippen molar-refractivity contribution in [1.29, 1.82) is 0 Å². The molecule has 17 heavy (non-hydrogen) atoms. The van der Waals surface area contributed by atoms with Crippen molar-refractivity contribution in [3.05, 3.63) is 0 Å². The molecule has 0 bridgehead atoms. The second kappa shape index (κ2) is 6.56. The van der Waals surface area contributed by atoms with Crippen LogP contribution in [0.3, 0.4) is 0 Å². The van der Waals surface area contributed by atoms with Crippen LogP contribution in [0.5, 0.6) is 0 Å². The zero-order valence-electron chi connectivity index (χ0n) is 10.2. The minimum Gasteiger partial charge on any atom is -0.481 e. The lowest BCUT2D eigenvalue weighted by Crippen LogP contribution is -2.52. The van der Waals surface area contributed by atoms with E-state index in [-0.39, 0.29) is 12.6 Å². The quantitative estimate of drug-likeness (QED) is 0.570. The molecule has 0 saturated carbocycles. The fourth-order valence-electron chi connectivity index (χ4n) is 2.22. The van der Waals surface area contributed by atoms with Crippen LogP contribution in [0.1, 0.15) is 19.8 Å². The molecule has 1 saturated heterocycles. The highest BCUT2D eigenvalue weighted by molar-refractivity contribution is 5.76. The molecule has 98 valence electrons. The standard InChI is InChI=1S/C11H21N3O3/c1-2-3-13-9-4-8(11(16)17)5-14(6-9)7-10(12)15/h8-9,13H,2-7H2,1H3,(H2,12,15)(H,16,17). The third-order valence-corrected chi connectivity index (χ3v) is 2.94. The van der Waals surface area contributed by atoms with Crippen LogP contribution in [-0.2, 0) is 9.59 Å². The van der Waals surface area contributed by atoms with Gasteiger partial charge >= 0.3 is 5.97 Å². The smallest absolute Gasteiger partial charge is 0.307 e. The van der Waals surface area contributed by atoms with Gasteiger partial charge in [0.15, 0.2) is 0 Å². The normalized spacial score (nSPS) is 25.7. The Balaban J connectivity index is 2.55. The van der Waals surface area contributed by atoms with Crippen molar-refractivity contribution in [2.45, 2.75) is 25.8 Å². The highest BCUT2D eigenvalue weighted by Gasteiger charge is 2.31. The number of rotatable bonds is 6. The van der Waals surface area contributed by atoms with Crippen molar-refractivity contribution in [3.63, 3.8) is 0 Å². The van der Waals surface area contributed by atoms with Crippen molar-refractivity contribution in [3.8, 4) is 0 Å². The number of carboxylic acids is 1. The van der Waals surface area contributed by atoms with Gasteiger partial charge in [0, 0.05) is 19.1 Å². The highest BCUT2D eigenvalue weighted by Crippen LogP contribution is 2.17. The van der Waals surface area contributed by atoms with E-state index in [0.29, 0.717) is 19.5 Å². The first kappa shape index (κ1) is 13.9. The molecule has 0 aromatic heterocycles. The van der Waals surface area contributed by atoms with Crippen LogP contribution in [0.2, 0.25) is 0 Å². The molecule has 2 unspecified atom stereocenters. The molecule has 6 nitrogen and oxygen atoms in total. The molecule has 6 heteroatoms. The summed E-state index contributed by atoms with van der Waals surface area (Å²) in [5.74, 6) is -1.63. The van der Waals surface area contributed by atoms with Crippen LogP contribution in [0.15, 0.2) is 0 Å². The van der Waals surface area contributed by atoms with Crippen molar-refractivity contribution in [1.82, 2.24) is 10.2 Å². The minimum atomic E-state index is -0.803. The topological polar surface area (TPSA) is 95.7 Å². The lowest BCUT2D eigenvalue weighted by Gasteiger charge is -2.35. The van der Waals surface area contributed by atoms with E-state index in [2.05, 4.69) is 12.2 Å². The summed E-state index contributed by atoms with van der Waals surface area (Å²) < 4.78 is 0. The minimum absolute atomic E-state index is 0.129. The number of carbonyl (C=O) groups is 2. The molecule has 1 amide bonds. The lowest BCUT2D eigenvalue weighted by molar-refractivity contribution is -0.144. The SMILES string of the molecule is CCCNC1CC(C(=O)O)CN(CC(N)=O)C1. The Morgan fingerprint density at radius 2 is 2.18 bits per heavy atom. The van der Waals surface area contributed by atoms with E-state index in [1.807, 2.05) is 4.90 Å². The Hall–Kier alpha value is -1.14. The number of nitrogens with zero attached hydrogens (tertiary/aromatic N) is 1. The summed E-state index contributed by atoms with van der Waals surface area (Å²) in [7, 11) is 0. The number of aliphatic carboxylic acids is 1. The van der Waals surface area contributed by atoms with E-state index in [9.17, 15) is 9.59 Å². The zero-order valence-corrected chi connectivity index (χ0v) is 10.2. The summed E-state index contributed by atoms with van der Waals surface area (Å²) in [5.41, 5.74) is 5.14. The number of hydrogen-bond acceptors (Lipinski definition) is 4. The van der Waals surface area contributed by atoms with Crippen LogP contribution < -0.4 is 11.1 Å². The fourth-order valence-corrected chi connectivity index (χ4v) is 2.22. The first-order chi connectivity index (χ1) is 8.02. The summed E-state index contributed by atoms with van der Waals surface area (Å²) >= 11 is 0. The third-order valence-electron chi connectivity index (χ3n) is 2.94. The molecular weight excluding hydrogens is 222 g/mol. The Morgan fingerprint density at radius 3 is 2.71 bits per heavy atom. The fraction of sp³-hybridized carbons (Fsp3) is 0.818. The molecule has 1 aliphatic rings. The van der Waals surface area contributed by atoms with E-state index < -0.39 is 17.8 Å². The number of piperidine rings is 1. The Morgan fingerprint density at radius 1 is 1.47 bits per heavy atom. The van der Waals surface area contributed by atoms with Gasteiger partial charge in [-0.15, -0.1) is 0 Å². The maximum Gasteiger partial charge on any atom is 0.307 e. The lowest BCUT2D eigenvalue weighted by atomic mass is 9.94. The van der Waals surface area contributed by atoms with Crippen LogP contribution in [0.25, 0.3) is 0 Å². The number of primary amides is 1. The number of nitrogens with two attached hydrogens (primary N) is 1. The average molecular weight is 243 g/mol.